The molecule has 5 nitrogen and oxygen atoms in total. The Bertz CT molecular complexity index is 764. The first kappa shape index (κ1) is 20.6. The van der Waals surface area contributed by atoms with Gasteiger partial charge in [0, 0.05) is 13.5 Å². The number of nitrogens with two attached hydrogens (primary N) is 1. The third-order valence-corrected chi connectivity index (χ3v) is 4.50. The first-order chi connectivity index (χ1) is 12.7. The number of carbonyl (C=O) groups is 2. The second-order valence-electron chi connectivity index (χ2n) is 7.64. The van der Waals surface area contributed by atoms with Gasteiger partial charge in [0.25, 0.3) is 5.91 Å². The second-order valence-corrected chi connectivity index (χ2v) is 7.64. The number of ether oxygens (including phenoxy) is 1. The van der Waals surface area contributed by atoms with Gasteiger partial charge in [0.1, 0.15) is 6.04 Å². The molecule has 3 N–H and O–H groups in total. The normalized spacial score (nSPS) is 13.6. The van der Waals surface area contributed by atoms with Crippen LogP contribution in [0.5, 0.6) is 0 Å². The predicted octanol–water partition coefficient (Wildman–Crippen LogP) is 2.88. The van der Waals surface area contributed by atoms with Crippen LogP contribution in [0.1, 0.15) is 43.6 Å². The Hall–Kier alpha value is -2.66. The molecule has 2 amide bonds. The molecule has 0 aromatic heterocycles. The van der Waals surface area contributed by atoms with E-state index < -0.39 is 18.1 Å². The highest BCUT2D eigenvalue weighted by Gasteiger charge is 2.25. The summed E-state index contributed by atoms with van der Waals surface area (Å²) in [6.45, 7) is 6.43. The van der Waals surface area contributed by atoms with Crippen LogP contribution < -0.4 is 11.1 Å². The fourth-order valence-corrected chi connectivity index (χ4v) is 2.87. The number of amides is 2. The van der Waals surface area contributed by atoms with Gasteiger partial charge in [-0.25, -0.2) is 0 Å². The van der Waals surface area contributed by atoms with Crippen LogP contribution >= 0.6 is 0 Å². The van der Waals surface area contributed by atoms with Crippen molar-refractivity contribution in [3.8, 4) is 0 Å². The molecule has 0 saturated carbocycles. The summed E-state index contributed by atoms with van der Waals surface area (Å²) < 4.78 is 5.32. The molecule has 2 aromatic rings. The molecule has 0 aliphatic carbocycles. The van der Waals surface area contributed by atoms with Crippen molar-refractivity contribution in [2.24, 2.45) is 5.73 Å². The molecule has 5 heteroatoms. The van der Waals surface area contributed by atoms with E-state index in [0.717, 1.165) is 11.1 Å². The lowest BCUT2D eigenvalue weighted by Crippen LogP contribution is -2.47. The molecule has 2 atom stereocenters. The smallest absolute Gasteiger partial charge is 0.254 e. The van der Waals surface area contributed by atoms with Crippen LogP contribution in [0.25, 0.3) is 0 Å². The van der Waals surface area contributed by atoms with E-state index in [9.17, 15) is 9.59 Å². The zero-order chi connectivity index (χ0) is 20.0. The molecule has 0 spiro atoms. The highest BCUT2D eigenvalue weighted by molar-refractivity contribution is 5.89. The lowest BCUT2D eigenvalue weighted by molar-refractivity contribution is -0.134. The summed E-state index contributed by atoms with van der Waals surface area (Å²) in [5.74, 6) is -0.968. The van der Waals surface area contributed by atoms with Gasteiger partial charge in [0.2, 0.25) is 5.91 Å². The zero-order valence-corrected chi connectivity index (χ0v) is 16.4. The minimum atomic E-state index is -0.806. The Balaban J connectivity index is 2.11. The van der Waals surface area contributed by atoms with E-state index in [2.05, 4.69) is 26.1 Å². The molecular formula is C22H28N2O3. The van der Waals surface area contributed by atoms with E-state index in [1.807, 2.05) is 42.5 Å². The number of carbonyl (C=O) groups excluding carboxylic acids is 2. The van der Waals surface area contributed by atoms with Gasteiger partial charge in [-0.3, -0.25) is 9.59 Å². The molecular weight excluding hydrogens is 340 g/mol. The van der Waals surface area contributed by atoms with Crippen molar-refractivity contribution < 1.29 is 14.3 Å². The number of benzene rings is 2. The monoisotopic (exact) mass is 368 g/mol. The van der Waals surface area contributed by atoms with Crippen molar-refractivity contribution >= 4 is 11.8 Å². The molecule has 144 valence electrons. The molecule has 0 unspecified atom stereocenters. The summed E-state index contributed by atoms with van der Waals surface area (Å²) in [4.78, 5) is 24.5. The van der Waals surface area contributed by atoms with Gasteiger partial charge in [-0.2, -0.15) is 0 Å². The maximum Gasteiger partial charge on any atom is 0.254 e. The molecule has 27 heavy (non-hydrogen) atoms. The summed E-state index contributed by atoms with van der Waals surface area (Å²) in [5, 5.41) is 2.72. The van der Waals surface area contributed by atoms with Gasteiger partial charge < -0.3 is 15.8 Å². The topological polar surface area (TPSA) is 81.4 Å². The Labute approximate surface area is 160 Å². The number of primary amides is 1. The SMILES string of the molecule is CO[C@H](C(=O)N[C@@H](Cc1ccc(C(C)(C)C)cc1)C(N)=O)c1ccccc1. The Morgan fingerprint density at radius 1 is 1.04 bits per heavy atom. The average molecular weight is 368 g/mol. The Kier molecular flexibility index (Phi) is 6.75. The van der Waals surface area contributed by atoms with E-state index in [4.69, 9.17) is 10.5 Å². The van der Waals surface area contributed by atoms with E-state index in [0.29, 0.717) is 6.42 Å². The van der Waals surface area contributed by atoms with Crippen LogP contribution in [0.4, 0.5) is 0 Å². The van der Waals surface area contributed by atoms with Crippen molar-refractivity contribution in [1.29, 1.82) is 0 Å². The van der Waals surface area contributed by atoms with Gasteiger partial charge in [0.15, 0.2) is 6.10 Å². The molecule has 0 aliphatic rings. The van der Waals surface area contributed by atoms with Gasteiger partial charge in [-0.05, 0) is 22.1 Å². The predicted molar refractivity (Wildman–Crippen MR) is 106 cm³/mol. The third-order valence-electron chi connectivity index (χ3n) is 4.50. The van der Waals surface area contributed by atoms with Crippen LogP contribution in [-0.2, 0) is 26.2 Å². The van der Waals surface area contributed by atoms with E-state index in [-0.39, 0.29) is 11.3 Å². The quantitative estimate of drug-likeness (QED) is 0.788. The number of nitrogens with one attached hydrogen (secondary N) is 1. The lowest BCUT2D eigenvalue weighted by Gasteiger charge is -2.22. The van der Waals surface area contributed by atoms with E-state index in [1.54, 1.807) is 12.1 Å². The van der Waals surface area contributed by atoms with Crippen LogP contribution in [0.15, 0.2) is 54.6 Å². The van der Waals surface area contributed by atoms with Gasteiger partial charge >= 0.3 is 0 Å². The molecule has 2 aromatic carbocycles. The first-order valence-electron chi connectivity index (χ1n) is 8.99. The molecule has 0 aliphatic heterocycles. The van der Waals surface area contributed by atoms with Crippen molar-refractivity contribution in [2.45, 2.75) is 44.8 Å². The van der Waals surface area contributed by atoms with Crippen molar-refractivity contribution in [3.63, 3.8) is 0 Å². The van der Waals surface area contributed by atoms with Crippen LogP contribution in [-0.4, -0.2) is 25.0 Å². The zero-order valence-electron chi connectivity index (χ0n) is 16.4. The summed E-state index contributed by atoms with van der Waals surface area (Å²) >= 11 is 0. The third kappa shape index (κ3) is 5.66. The maximum absolute atomic E-state index is 12.6. The second kappa shape index (κ2) is 8.82. The molecule has 2 rings (SSSR count). The first-order valence-corrected chi connectivity index (χ1v) is 8.99. The molecule has 0 saturated heterocycles. The molecule has 0 heterocycles. The minimum absolute atomic E-state index is 0.0528. The van der Waals surface area contributed by atoms with Gasteiger partial charge in [0.05, 0.1) is 0 Å². The largest absolute Gasteiger partial charge is 0.368 e. The van der Waals surface area contributed by atoms with Crippen molar-refractivity contribution in [3.05, 3.63) is 71.3 Å². The molecule has 0 fully saturated rings. The maximum atomic E-state index is 12.6. The van der Waals surface area contributed by atoms with Gasteiger partial charge in [-0.1, -0.05) is 75.4 Å². The number of methoxy groups -OCH3 is 1. The van der Waals surface area contributed by atoms with Crippen LogP contribution in [0, 0.1) is 0 Å². The standard InChI is InChI=1S/C22H28N2O3/c1-22(2,3)17-12-10-15(11-13-17)14-18(20(23)25)24-21(26)19(27-4)16-8-6-5-7-9-16/h5-13,18-19H,14H2,1-4H3,(H2,23,25)(H,24,26)/t18-,19-/m0/s1. The highest BCUT2D eigenvalue weighted by Crippen LogP contribution is 2.22. The number of rotatable bonds is 7. The molecule has 0 bridgehead atoms. The Morgan fingerprint density at radius 3 is 2.11 bits per heavy atom. The lowest BCUT2D eigenvalue weighted by atomic mass is 9.86. The van der Waals surface area contributed by atoms with Crippen molar-refractivity contribution in [2.75, 3.05) is 7.11 Å². The summed E-state index contributed by atoms with van der Waals surface area (Å²) in [6.07, 6.45) is -0.465. The van der Waals surface area contributed by atoms with Gasteiger partial charge in [-0.15, -0.1) is 0 Å². The minimum Gasteiger partial charge on any atom is -0.368 e. The number of hydrogen-bond acceptors (Lipinski definition) is 3. The van der Waals surface area contributed by atoms with E-state index in [1.165, 1.54) is 12.7 Å². The summed E-state index contributed by atoms with van der Waals surface area (Å²) in [5.41, 5.74) is 8.42. The average Bonchev–Trinajstić information content (AvgIpc) is 2.62. The summed E-state index contributed by atoms with van der Waals surface area (Å²) in [6, 6.07) is 16.3. The Morgan fingerprint density at radius 2 is 1.63 bits per heavy atom. The fraction of sp³-hybridized carbons (Fsp3) is 0.364. The van der Waals surface area contributed by atoms with E-state index >= 15 is 0 Å². The van der Waals surface area contributed by atoms with Crippen molar-refractivity contribution in [1.82, 2.24) is 5.32 Å². The van der Waals surface area contributed by atoms with Crippen LogP contribution in [0.2, 0.25) is 0 Å². The van der Waals surface area contributed by atoms with Crippen LogP contribution in [0.3, 0.4) is 0 Å². The molecule has 0 radical (unpaired) electrons. The highest BCUT2D eigenvalue weighted by atomic mass is 16.5. The fourth-order valence-electron chi connectivity index (χ4n) is 2.87. The summed E-state index contributed by atoms with van der Waals surface area (Å²) in [7, 11) is 1.46. The number of hydrogen-bond donors (Lipinski definition) is 2.